The molecule has 1 amide bonds. The summed E-state index contributed by atoms with van der Waals surface area (Å²) in [6.07, 6.45) is -1.90. The maximum Gasteiger partial charge on any atom is 0.239 e. The van der Waals surface area contributed by atoms with Crippen LogP contribution in [0.1, 0.15) is 34.6 Å². The van der Waals surface area contributed by atoms with E-state index in [1.54, 1.807) is 20.9 Å². The molecule has 0 bridgehead atoms. The van der Waals surface area contributed by atoms with Crippen LogP contribution in [0, 0.1) is 0 Å². The first-order chi connectivity index (χ1) is 11.3. The zero-order valence-electron chi connectivity index (χ0n) is 16.7. The molecule has 7 nitrogen and oxygen atoms in total. The zero-order chi connectivity index (χ0) is 19.2. The molecule has 0 unspecified atom stereocenters. The highest BCUT2D eigenvalue weighted by Crippen LogP contribution is 2.38. The lowest BCUT2D eigenvalue weighted by molar-refractivity contribution is -0.155. The topological polar surface area (TPSA) is 89.1 Å². The van der Waals surface area contributed by atoms with Crippen molar-refractivity contribution < 1.29 is 23.8 Å². The van der Waals surface area contributed by atoms with Gasteiger partial charge in [0.1, 0.15) is 24.4 Å². The van der Waals surface area contributed by atoms with E-state index in [0.29, 0.717) is 6.61 Å². The second kappa shape index (κ2) is 6.90. The van der Waals surface area contributed by atoms with Gasteiger partial charge in [0.15, 0.2) is 14.1 Å². The molecule has 0 aromatic rings. The molecule has 146 valence electrons. The molecule has 2 rings (SSSR count). The molecule has 0 saturated carbocycles. The molecule has 0 spiro atoms. The lowest BCUT2D eigenvalue weighted by Crippen LogP contribution is -2.68. The minimum atomic E-state index is -1.96. The number of amides is 1. The number of nitrogens with one attached hydrogen (secondary N) is 2. The van der Waals surface area contributed by atoms with Crippen molar-refractivity contribution >= 4 is 14.2 Å². The Morgan fingerprint density at radius 3 is 2.36 bits per heavy atom. The molecule has 0 aromatic carbocycles. The number of carbonyl (C=O) groups is 1. The first-order valence-corrected chi connectivity index (χ1v) is 11.9. The van der Waals surface area contributed by atoms with Gasteiger partial charge in [-0.3, -0.25) is 10.1 Å². The molecule has 2 aliphatic heterocycles. The molecule has 0 aromatic heterocycles. The van der Waals surface area contributed by atoms with Crippen LogP contribution in [0.4, 0.5) is 0 Å². The molecular weight excluding hydrogens is 340 g/mol. The van der Waals surface area contributed by atoms with Gasteiger partial charge in [-0.05, 0) is 32.0 Å². The molecule has 2 heterocycles. The molecule has 2 aliphatic rings. The molecule has 25 heavy (non-hydrogen) atoms. The van der Waals surface area contributed by atoms with Gasteiger partial charge in [-0.25, -0.2) is 0 Å². The summed E-state index contributed by atoms with van der Waals surface area (Å²) >= 11 is 0. The summed E-state index contributed by atoms with van der Waals surface area (Å²) in [5.74, 6) is -1.01. The van der Waals surface area contributed by atoms with E-state index in [1.807, 2.05) is 0 Å². The van der Waals surface area contributed by atoms with E-state index in [2.05, 4.69) is 44.5 Å². The molecular formula is C17H34N2O5Si. The summed E-state index contributed by atoms with van der Waals surface area (Å²) in [6.45, 7) is 14.8. The van der Waals surface area contributed by atoms with Crippen molar-refractivity contribution in [3.63, 3.8) is 0 Å². The van der Waals surface area contributed by atoms with Crippen molar-refractivity contribution in [3.8, 4) is 0 Å². The SMILES string of the molecule is CNC(=O)[C@H]1N[C@H](CO[Si](C)(C)C(C)(C)C)[C@@H](O)[C@@H]2OC(C)(C)O[C@@H]21. The standard InChI is InChI=1S/C17H34N2O5Si/c1-16(2,3)25(7,8)22-9-10-12(20)14-13(23-17(4,5)24-14)11(19-10)15(21)18-6/h10-14,19-20H,9H2,1-8H3,(H,18,21)/t10-,11+,12-,13-,14+/m1/s1. The minimum Gasteiger partial charge on any atom is -0.415 e. The molecule has 0 radical (unpaired) electrons. The summed E-state index contributed by atoms with van der Waals surface area (Å²) in [5, 5.41) is 16.7. The van der Waals surface area contributed by atoms with E-state index < -0.39 is 44.5 Å². The largest absolute Gasteiger partial charge is 0.415 e. The maximum atomic E-state index is 12.3. The van der Waals surface area contributed by atoms with Crippen LogP contribution in [-0.4, -0.2) is 69.2 Å². The van der Waals surface area contributed by atoms with Crippen molar-refractivity contribution in [1.29, 1.82) is 0 Å². The predicted molar refractivity (Wildman–Crippen MR) is 97.8 cm³/mol. The Bertz CT molecular complexity index is 506. The van der Waals surface area contributed by atoms with E-state index in [-0.39, 0.29) is 10.9 Å². The molecule has 5 atom stereocenters. The van der Waals surface area contributed by atoms with Gasteiger partial charge < -0.3 is 24.3 Å². The number of aliphatic hydroxyl groups is 1. The van der Waals surface area contributed by atoms with Crippen LogP contribution in [0.3, 0.4) is 0 Å². The highest BCUT2D eigenvalue weighted by Gasteiger charge is 2.55. The Hall–Kier alpha value is -0.513. The van der Waals surface area contributed by atoms with Crippen LogP contribution in [-0.2, 0) is 18.7 Å². The Balaban J connectivity index is 2.16. The van der Waals surface area contributed by atoms with Crippen LogP contribution >= 0.6 is 0 Å². The summed E-state index contributed by atoms with van der Waals surface area (Å²) in [7, 11) is -0.372. The van der Waals surface area contributed by atoms with Gasteiger partial charge in [0.05, 0.1) is 12.6 Å². The second-order valence-electron chi connectivity index (χ2n) is 8.99. The lowest BCUT2D eigenvalue weighted by Gasteiger charge is -2.43. The van der Waals surface area contributed by atoms with Gasteiger partial charge in [0, 0.05) is 7.05 Å². The number of likely N-dealkylation sites (N-methyl/N-ethyl adjacent to an activating group) is 1. The van der Waals surface area contributed by atoms with Gasteiger partial charge in [-0.1, -0.05) is 20.8 Å². The Labute approximate surface area is 151 Å². The van der Waals surface area contributed by atoms with Crippen LogP contribution < -0.4 is 10.6 Å². The van der Waals surface area contributed by atoms with Crippen LogP contribution in [0.25, 0.3) is 0 Å². The van der Waals surface area contributed by atoms with E-state index >= 15 is 0 Å². The number of fused-ring (bicyclic) bond motifs is 1. The third-order valence-electron chi connectivity index (χ3n) is 5.59. The maximum absolute atomic E-state index is 12.3. The van der Waals surface area contributed by atoms with Crippen molar-refractivity contribution in [2.24, 2.45) is 0 Å². The quantitative estimate of drug-likeness (QED) is 0.636. The summed E-state index contributed by atoms with van der Waals surface area (Å²) in [6, 6.07) is -0.983. The fraction of sp³-hybridized carbons (Fsp3) is 0.941. The zero-order valence-corrected chi connectivity index (χ0v) is 17.7. The number of hydrogen-bond donors (Lipinski definition) is 3. The van der Waals surface area contributed by atoms with E-state index in [9.17, 15) is 9.90 Å². The number of piperidine rings is 1. The van der Waals surface area contributed by atoms with Crippen molar-refractivity contribution in [2.45, 2.75) is 88.9 Å². The van der Waals surface area contributed by atoms with Crippen molar-refractivity contribution in [1.82, 2.24) is 10.6 Å². The third-order valence-corrected chi connectivity index (χ3v) is 10.1. The van der Waals surface area contributed by atoms with Crippen LogP contribution in [0.15, 0.2) is 0 Å². The summed E-state index contributed by atoms with van der Waals surface area (Å²) in [4.78, 5) is 12.3. The molecule has 0 aliphatic carbocycles. The highest BCUT2D eigenvalue weighted by molar-refractivity contribution is 6.74. The predicted octanol–water partition coefficient (Wildman–Crippen LogP) is 0.976. The van der Waals surface area contributed by atoms with Gasteiger partial charge in [-0.15, -0.1) is 0 Å². The Morgan fingerprint density at radius 2 is 1.84 bits per heavy atom. The Morgan fingerprint density at radius 1 is 1.28 bits per heavy atom. The normalized spacial score (nSPS) is 35.3. The van der Waals surface area contributed by atoms with Gasteiger partial charge in [-0.2, -0.15) is 0 Å². The van der Waals surface area contributed by atoms with E-state index in [4.69, 9.17) is 13.9 Å². The first-order valence-electron chi connectivity index (χ1n) is 8.94. The number of aliphatic hydroxyl groups excluding tert-OH is 1. The summed E-state index contributed by atoms with van der Waals surface area (Å²) < 4.78 is 18.0. The second-order valence-corrected chi connectivity index (χ2v) is 13.8. The third kappa shape index (κ3) is 4.25. The fourth-order valence-electron chi connectivity index (χ4n) is 3.03. The first kappa shape index (κ1) is 20.8. The average Bonchev–Trinajstić information content (AvgIpc) is 2.80. The molecule has 2 saturated heterocycles. The van der Waals surface area contributed by atoms with Crippen LogP contribution in [0.5, 0.6) is 0 Å². The average molecular weight is 375 g/mol. The Kier molecular flexibility index (Phi) is 5.74. The van der Waals surface area contributed by atoms with Gasteiger partial charge in [0.2, 0.25) is 5.91 Å². The molecule has 2 fully saturated rings. The number of hydrogen-bond acceptors (Lipinski definition) is 6. The highest BCUT2D eigenvalue weighted by atomic mass is 28.4. The lowest BCUT2D eigenvalue weighted by atomic mass is 9.90. The smallest absolute Gasteiger partial charge is 0.239 e. The number of rotatable bonds is 4. The van der Waals surface area contributed by atoms with Gasteiger partial charge >= 0.3 is 0 Å². The van der Waals surface area contributed by atoms with Crippen molar-refractivity contribution in [3.05, 3.63) is 0 Å². The number of carbonyl (C=O) groups excluding carboxylic acids is 1. The van der Waals surface area contributed by atoms with Gasteiger partial charge in [0.25, 0.3) is 0 Å². The monoisotopic (exact) mass is 374 g/mol. The van der Waals surface area contributed by atoms with E-state index in [1.165, 1.54) is 0 Å². The minimum absolute atomic E-state index is 0.0737. The van der Waals surface area contributed by atoms with Crippen LogP contribution in [0.2, 0.25) is 18.1 Å². The van der Waals surface area contributed by atoms with Crippen molar-refractivity contribution in [2.75, 3.05) is 13.7 Å². The fourth-order valence-corrected chi connectivity index (χ4v) is 4.06. The molecule has 3 N–H and O–H groups in total. The van der Waals surface area contributed by atoms with E-state index in [0.717, 1.165) is 0 Å². The summed E-state index contributed by atoms with van der Waals surface area (Å²) in [5.41, 5.74) is 0. The molecule has 8 heteroatoms. The number of ether oxygens (including phenoxy) is 2.